The minimum atomic E-state index is -0.476. The highest BCUT2D eigenvalue weighted by molar-refractivity contribution is 8.00. The summed E-state index contributed by atoms with van der Waals surface area (Å²) in [4.78, 5) is 24.5. The number of rotatable bonds is 4. The molecule has 6 nitrogen and oxygen atoms in total. The van der Waals surface area contributed by atoms with Crippen molar-refractivity contribution in [3.05, 3.63) is 18.2 Å². The van der Waals surface area contributed by atoms with Crippen LogP contribution in [0, 0.1) is 0 Å². The van der Waals surface area contributed by atoms with Crippen molar-refractivity contribution in [2.24, 2.45) is 0 Å². The summed E-state index contributed by atoms with van der Waals surface area (Å²) in [6, 6.07) is 5.10. The first-order chi connectivity index (χ1) is 11.0. The largest absolute Gasteiger partial charge is 0.490 e. The summed E-state index contributed by atoms with van der Waals surface area (Å²) in [6.45, 7) is 6.68. The average Bonchev–Trinajstić information content (AvgIpc) is 2.70. The van der Waals surface area contributed by atoms with Crippen LogP contribution in [0.3, 0.4) is 0 Å². The average molecular weight is 338 g/mol. The lowest BCUT2D eigenvalue weighted by Crippen LogP contribution is -2.45. The number of carbonyl (C=O) groups excluding carboxylic acids is 2. The van der Waals surface area contributed by atoms with Gasteiger partial charge in [0, 0.05) is 17.4 Å². The number of urea groups is 1. The first kappa shape index (κ1) is 17.5. The molecule has 0 unspecified atom stereocenters. The van der Waals surface area contributed by atoms with E-state index in [1.165, 1.54) is 11.8 Å². The van der Waals surface area contributed by atoms with Crippen LogP contribution in [0.15, 0.2) is 23.1 Å². The molecule has 7 heteroatoms. The zero-order chi connectivity index (χ0) is 16.8. The summed E-state index contributed by atoms with van der Waals surface area (Å²) in [5.74, 6) is 1.08. The summed E-state index contributed by atoms with van der Waals surface area (Å²) >= 11 is 1.36. The third kappa shape index (κ3) is 5.35. The first-order valence-corrected chi connectivity index (χ1v) is 8.51. The zero-order valence-electron chi connectivity index (χ0n) is 13.5. The van der Waals surface area contributed by atoms with Crippen LogP contribution in [0.1, 0.15) is 27.2 Å². The molecule has 1 heterocycles. The lowest BCUT2D eigenvalue weighted by Gasteiger charge is -2.14. The molecule has 0 aliphatic carbocycles. The highest BCUT2D eigenvalue weighted by Crippen LogP contribution is 2.35. The molecule has 0 saturated heterocycles. The molecule has 0 saturated carbocycles. The monoisotopic (exact) mass is 338 g/mol. The maximum Gasteiger partial charge on any atom is 0.321 e. The Morgan fingerprint density at radius 2 is 1.83 bits per heavy atom. The van der Waals surface area contributed by atoms with Gasteiger partial charge >= 0.3 is 6.03 Å². The van der Waals surface area contributed by atoms with E-state index < -0.39 is 11.3 Å². The van der Waals surface area contributed by atoms with Crippen molar-refractivity contribution in [2.75, 3.05) is 13.2 Å². The Morgan fingerprint density at radius 1 is 1.13 bits per heavy atom. The predicted molar refractivity (Wildman–Crippen MR) is 89.2 cm³/mol. The fraction of sp³-hybridized carbons (Fsp3) is 0.500. The van der Waals surface area contributed by atoms with Gasteiger partial charge < -0.3 is 14.8 Å². The number of amides is 3. The molecule has 1 aliphatic heterocycles. The van der Waals surface area contributed by atoms with Gasteiger partial charge in [-0.15, -0.1) is 11.8 Å². The minimum absolute atomic E-state index is 0.0208. The molecule has 0 fully saturated rings. The summed E-state index contributed by atoms with van der Waals surface area (Å²) in [5, 5.41) is 4.56. The van der Waals surface area contributed by atoms with Crippen molar-refractivity contribution in [3.8, 4) is 11.5 Å². The molecule has 0 radical (unpaired) electrons. The second-order valence-electron chi connectivity index (χ2n) is 5.54. The van der Waals surface area contributed by atoms with E-state index in [1.807, 2.05) is 32.0 Å². The third-order valence-electron chi connectivity index (χ3n) is 3.06. The molecule has 1 aliphatic rings. The molecule has 1 aromatic carbocycles. The topological polar surface area (TPSA) is 76.7 Å². The summed E-state index contributed by atoms with van der Waals surface area (Å²) in [5.41, 5.74) is 0. The van der Waals surface area contributed by atoms with Crippen molar-refractivity contribution < 1.29 is 19.1 Å². The van der Waals surface area contributed by atoms with Crippen LogP contribution in [0.5, 0.6) is 11.5 Å². The Balaban J connectivity index is 1.94. The van der Waals surface area contributed by atoms with Crippen LogP contribution >= 0.6 is 11.8 Å². The highest BCUT2D eigenvalue weighted by Gasteiger charge is 2.19. The van der Waals surface area contributed by atoms with Crippen LogP contribution in [0.25, 0.3) is 0 Å². The number of thioether (sulfide) groups is 1. The van der Waals surface area contributed by atoms with Crippen LogP contribution in [-0.4, -0.2) is 36.4 Å². The summed E-state index contributed by atoms with van der Waals surface area (Å²) in [6.07, 6.45) is 0.848. The lowest BCUT2D eigenvalue weighted by atomic mass is 10.3. The number of imide groups is 1. The molecule has 0 bridgehead atoms. The van der Waals surface area contributed by atoms with Gasteiger partial charge in [0.15, 0.2) is 11.5 Å². The molecule has 2 N–H and O–H groups in total. The number of hydrogen-bond donors (Lipinski definition) is 2. The van der Waals surface area contributed by atoms with Gasteiger partial charge in [-0.1, -0.05) is 0 Å². The van der Waals surface area contributed by atoms with Crippen molar-refractivity contribution in [2.45, 2.75) is 43.4 Å². The normalized spacial score (nSPS) is 14.8. The van der Waals surface area contributed by atoms with E-state index in [4.69, 9.17) is 9.47 Å². The van der Waals surface area contributed by atoms with Crippen LogP contribution in [-0.2, 0) is 4.79 Å². The van der Waals surface area contributed by atoms with Gasteiger partial charge in [-0.05, 0) is 39.0 Å². The molecule has 3 amide bonds. The van der Waals surface area contributed by atoms with Crippen LogP contribution in [0.2, 0.25) is 0 Å². The Kier molecular flexibility index (Phi) is 6.15. The smallest absolute Gasteiger partial charge is 0.321 e. The number of fused-ring (bicyclic) bond motifs is 1. The number of carbonyl (C=O) groups is 2. The van der Waals surface area contributed by atoms with Crippen molar-refractivity contribution in [1.82, 2.24) is 10.6 Å². The predicted octanol–water partition coefficient (Wildman–Crippen LogP) is 2.56. The fourth-order valence-corrected chi connectivity index (χ4v) is 2.88. The lowest BCUT2D eigenvalue weighted by molar-refractivity contribution is -0.119. The van der Waals surface area contributed by atoms with E-state index >= 15 is 0 Å². The van der Waals surface area contributed by atoms with Gasteiger partial charge in [0.25, 0.3) is 0 Å². The molecule has 1 aromatic rings. The van der Waals surface area contributed by atoms with Gasteiger partial charge in [0.2, 0.25) is 5.91 Å². The summed E-state index contributed by atoms with van der Waals surface area (Å²) < 4.78 is 11.2. The van der Waals surface area contributed by atoms with Gasteiger partial charge in [0.05, 0.1) is 18.5 Å². The quantitative estimate of drug-likeness (QED) is 0.825. The van der Waals surface area contributed by atoms with Gasteiger partial charge in [0.1, 0.15) is 0 Å². The fourth-order valence-electron chi connectivity index (χ4n) is 1.99. The number of nitrogens with one attached hydrogen (secondary N) is 2. The second kappa shape index (κ2) is 8.10. The standard InChI is InChI=1S/C16H22N2O4S/c1-10(2)17-16(20)18-15(19)11(3)23-12-5-6-13-14(9-12)22-8-4-7-21-13/h5-6,9-11H,4,7-8H2,1-3H3,(H2,17,18,19,20)/t11-/m1/s1. The zero-order valence-corrected chi connectivity index (χ0v) is 14.4. The van der Waals surface area contributed by atoms with Gasteiger partial charge in [-0.3, -0.25) is 10.1 Å². The van der Waals surface area contributed by atoms with E-state index in [1.54, 1.807) is 6.92 Å². The molecule has 23 heavy (non-hydrogen) atoms. The van der Waals surface area contributed by atoms with Gasteiger partial charge in [-0.2, -0.15) is 0 Å². The SMILES string of the molecule is CC(C)NC(=O)NC(=O)[C@@H](C)Sc1ccc2c(c1)OCCCO2. The van der Waals surface area contributed by atoms with Crippen LogP contribution < -0.4 is 20.1 Å². The highest BCUT2D eigenvalue weighted by atomic mass is 32.2. The Bertz CT molecular complexity index is 577. The number of ether oxygens (including phenoxy) is 2. The Morgan fingerprint density at radius 3 is 2.52 bits per heavy atom. The summed E-state index contributed by atoms with van der Waals surface area (Å²) in [7, 11) is 0. The first-order valence-electron chi connectivity index (χ1n) is 7.63. The number of benzene rings is 1. The third-order valence-corrected chi connectivity index (χ3v) is 4.15. The minimum Gasteiger partial charge on any atom is -0.490 e. The maximum atomic E-state index is 12.0. The molecule has 1 atom stereocenters. The maximum absolute atomic E-state index is 12.0. The molecule has 0 spiro atoms. The molecular formula is C16H22N2O4S. The van der Waals surface area contributed by atoms with E-state index in [0.717, 1.165) is 17.1 Å². The molecule has 126 valence electrons. The van der Waals surface area contributed by atoms with Crippen molar-refractivity contribution in [3.63, 3.8) is 0 Å². The van der Waals surface area contributed by atoms with E-state index in [0.29, 0.717) is 19.0 Å². The Labute approximate surface area is 140 Å². The second-order valence-corrected chi connectivity index (χ2v) is 6.95. The molecular weight excluding hydrogens is 316 g/mol. The van der Waals surface area contributed by atoms with Crippen molar-refractivity contribution in [1.29, 1.82) is 0 Å². The van der Waals surface area contributed by atoms with Crippen LogP contribution in [0.4, 0.5) is 4.79 Å². The van der Waals surface area contributed by atoms with E-state index in [9.17, 15) is 9.59 Å². The van der Waals surface area contributed by atoms with Gasteiger partial charge in [-0.25, -0.2) is 4.79 Å². The Hall–Kier alpha value is -1.89. The van der Waals surface area contributed by atoms with E-state index in [2.05, 4.69) is 10.6 Å². The van der Waals surface area contributed by atoms with E-state index in [-0.39, 0.29) is 11.9 Å². The van der Waals surface area contributed by atoms with Crippen molar-refractivity contribution >= 4 is 23.7 Å². The molecule has 2 rings (SSSR count). The number of hydrogen-bond acceptors (Lipinski definition) is 5. The molecule has 0 aromatic heterocycles.